The second kappa shape index (κ2) is 5.99. The molecule has 1 amide bonds. The summed E-state index contributed by atoms with van der Waals surface area (Å²) in [6.07, 6.45) is 5.84. The fourth-order valence-corrected chi connectivity index (χ4v) is 2.47. The number of hydrogen-bond acceptors (Lipinski definition) is 3. The maximum atomic E-state index is 11.9. The van der Waals surface area contributed by atoms with Crippen molar-refractivity contribution in [2.75, 3.05) is 6.54 Å². The zero-order valence-corrected chi connectivity index (χ0v) is 11.6. The Hall–Kier alpha value is -1.65. The molecule has 0 bridgehead atoms. The van der Waals surface area contributed by atoms with E-state index in [1.165, 1.54) is 0 Å². The minimum Gasteiger partial charge on any atom is -0.354 e. The van der Waals surface area contributed by atoms with Gasteiger partial charge in [-0.1, -0.05) is 12.8 Å². The van der Waals surface area contributed by atoms with Gasteiger partial charge >= 0.3 is 0 Å². The Bertz CT molecular complexity index is 516. The zero-order valence-electron chi connectivity index (χ0n) is 11.6. The first-order valence-electron chi connectivity index (χ1n) is 6.90. The molecule has 1 heterocycles. The number of aryl methyl sites for hydroxylation is 1. The van der Waals surface area contributed by atoms with E-state index in [4.69, 9.17) is 0 Å². The van der Waals surface area contributed by atoms with Crippen molar-refractivity contribution in [3.05, 3.63) is 27.9 Å². The fourth-order valence-electron chi connectivity index (χ4n) is 2.47. The van der Waals surface area contributed by atoms with Gasteiger partial charge in [0.05, 0.1) is 6.33 Å². The SMILES string of the molecule is Cc1ncn(CCNC(=O)C2CCCC2)c(=O)c1C. The molecule has 19 heavy (non-hydrogen) atoms. The average Bonchev–Trinajstić information content (AvgIpc) is 2.92. The molecule has 1 aliphatic rings. The quantitative estimate of drug-likeness (QED) is 0.886. The maximum absolute atomic E-state index is 11.9. The fraction of sp³-hybridized carbons (Fsp3) is 0.643. The van der Waals surface area contributed by atoms with Gasteiger partial charge in [0.2, 0.25) is 5.91 Å². The highest BCUT2D eigenvalue weighted by atomic mass is 16.2. The molecule has 0 radical (unpaired) electrons. The van der Waals surface area contributed by atoms with Crippen LogP contribution in [0.2, 0.25) is 0 Å². The predicted molar refractivity (Wildman–Crippen MR) is 72.9 cm³/mol. The maximum Gasteiger partial charge on any atom is 0.256 e. The lowest BCUT2D eigenvalue weighted by atomic mass is 10.1. The number of aromatic nitrogens is 2. The van der Waals surface area contributed by atoms with E-state index < -0.39 is 0 Å². The van der Waals surface area contributed by atoms with Crippen molar-refractivity contribution >= 4 is 5.91 Å². The van der Waals surface area contributed by atoms with Crippen molar-refractivity contribution in [3.8, 4) is 0 Å². The van der Waals surface area contributed by atoms with Gasteiger partial charge in [-0.15, -0.1) is 0 Å². The second-order valence-electron chi connectivity index (χ2n) is 5.23. The van der Waals surface area contributed by atoms with Crippen LogP contribution in [0.15, 0.2) is 11.1 Å². The third-order valence-corrected chi connectivity index (χ3v) is 3.89. The summed E-state index contributed by atoms with van der Waals surface area (Å²) in [5.41, 5.74) is 1.41. The van der Waals surface area contributed by atoms with Crippen molar-refractivity contribution in [3.63, 3.8) is 0 Å². The summed E-state index contributed by atoms with van der Waals surface area (Å²) in [5, 5.41) is 2.91. The van der Waals surface area contributed by atoms with Crippen molar-refractivity contribution in [1.82, 2.24) is 14.9 Å². The van der Waals surface area contributed by atoms with Crippen LogP contribution in [0.3, 0.4) is 0 Å². The minimum absolute atomic E-state index is 0.0254. The number of amides is 1. The molecule has 104 valence electrons. The summed E-state index contributed by atoms with van der Waals surface area (Å²) in [7, 11) is 0. The molecule has 1 fully saturated rings. The Balaban J connectivity index is 1.87. The normalized spacial score (nSPS) is 15.7. The highest BCUT2D eigenvalue weighted by molar-refractivity contribution is 5.78. The van der Waals surface area contributed by atoms with Crippen LogP contribution in [0.5, 0.6) is 0 Å². The Morgan fingerprint density at radius 1 is 1.42 bits per heavy atom. The molecule has 1 aliphatic carbocycles. The minimum atomic E-state index is -0.0254. The van der Waals surface area contributed by atoms with Crippen molar-refractivity contribution in [2.45, 2.75) is 46.1 Å². The first-order valence-corrected chi connectivity index (χ1v) is 6.90. The number of carbonyl (C=O) groups excluding carboxylic acids is 1. The Labute approximate surface area is 113 Å². The highest BCUT2D eigenvalue weighted by Crippen LogP contribution is 2.24. The Morgan fingerprint density at radius 2 is 2.11 bits per heavy atom. The summed E-state index contributed by atoms with van der Waals surface area (Å²) in [5.74, 6) is 0.303. The van der Waals surface area contributed by atoms with Gasteiger partial charge in [-0.05, 0) is 26.7 Å². The van der Waals surface area contributed by atoms with Gasteiger partial charge in [-0.25, -0.2) is 4.98 Å². The average molecular weight is 263 g/mol. The summed E-state index contributed by atoms with van der Waals surface area (Å²) >= 11 is 0. The van der Waals surface area contributed by atoms with Gasteiger partial charge in [-0.3, -0.25) is 14.2 Å². The molecule has 1 N–H and O–H groups in total. The van der Waals surface area contributed by atoms with E-state index in [9.17, 15) is 9.59 Å². The standard InChI is InChI=1S/C14H21N3O2/c1-10-11(2)16-9-17(14(10)19)8-7-15-13(18)12-5-3-4-6-12/h9,12H,3-8H2,1-2H3,(H,15,18). The molecule has 0 saturated heterocycles. The molecule has 1 aromatic heterocycles. The van der Waals surface area contributed by atoms with Gasteiger partial charge in [-0.2, -0.15) is 0 Å². The molecule has 0 aliphatic heterocycles. The van der Waals surface area contributed by atoms with Crippen molar-refractivity contribution in [1.29, 1.82) is 0 Å². The van der Waals surface area contributed by atoms with E-state index in [1.807, 2.05) is 6.92 Å². The van der Waals surface area contributed by atoms with E-state index >= 15 is 0 Å². The first kappa shape index (κ1) is 13.8. The zero-order chi connectivity index (χ0) is 13.8. The molecule has 0 atom stereocenters. The molecule has 5 heteroatoms. The lowest BCUT2D eigenvalue weighted by Gasteiger charge is -2.11. The van der Waals surface area contributed by atoms with Gasteiger partial charge in [0.25, 0.3) is 5.56 Å². The number of nitrogens with zero attached hydrogens (tertiary/aromatic N) is 2. The van der Waals surface area contributed by atoms with E-state index in [0.29, 0.717) is 18.7 Å². The Morgan fingerprint density at radius 3 is 2.79 bits per heavy atom. The largest absolute Gasteiger partial charge is 0.354 e. The molecular weight excluding hydrogens is 242 g/mol. The van der Waals surface area contributed by atoms with E-state index in [2.05, 4.69) is 10.3 Å². The summed E-state index contributed by atoms with van der Waals surface area (Å²) in [6, 6.07) is 0. The lowest BCUT2D eigenvalue weighted by molar-refractivity contribution is -0.124. The van der Waals surface area contributed by atoms with Crippen LogP contribution in [0.25, 0.3) is 0 Å². The molecule has 1 saturated carbocycles. The first-order chi connectivity index (χ1) is 9.09. The van der Waals surface area contributed by atoms with Crippen LogP contribution in [0, 0.1) is 19.8 Å². The van der Waals surface area contributed by atoms with Crippen molar-refractivity contribution in [2.24, 2.45) is 5.92 Å². The van der Waals surface area contributed by atoms with Gasteiger partial charge in [0.1, 0.15) is 0 Å². The van der Waals surface area contributed by atoms with E-state index in [1.54, 1.807) is 17.8 Å². The molecule has 1 aromatic rings. The second-order valence-corrected chi connectivity index (χ2v) is 5.23. The molecule has 0 aromatic carbocycles. The number of rotatable bonds is 4. The van der Waals surface area contributed by atoms with Crippen LogP contribution < -0.4 is 10.9 Å². The van der Waals surface area contributed by atoms with Gasteiger partial charge in [0.15, 0.2) is 0 Å². The molecule has 5 nitrogen and oxygen atoms in total. The number of nitrogens with one attached hydrogen (secondary N) is 1. The lowest BCUT2D eigenvalue weighted by Crippen LogP contribution is -2.34. The predicted octanol–water partition coefficient (Wildman–Crippen LogP) is 1.17. The number of carbonyl (C=O) groups is 1. The van der Waals surface area contributed by atoms with Crippen LogP contribution in [-0.4, -0.2) is 22.0 Å². The molecular formula is C14H21N3O2. The monoisotopic (exact) mass is 263 g/mol. The van der Waals surface area contributed by atoms with Crippen molar-refractivity contribution < 1.29 is 4.79 Å². The molecule has 0 unspecified atom stereocenters. The smallest absolute Gasteiger partial charge is 0.256 e. The van der Waals surface area contributed by atoms with Crippen LogP contribution in [0.4, 0.5) is 0 Å². The van der Waals surface area contributed by atoms with E-state index in [0.717, 1.165) is 31.4 Å². The molecule has 2 rings (SSSR count). The topological polar surface area (TPSA) is 64.0 Å². The summed E-state index contributed by atoms with van der Waals surface area (Å²) in [6.45, 7) is 4.56. The summed E-state index contributed by atoms with van der Waals surface area (Å²) < 4.78 is 1.55. The van der Waals surface area contributed by atoms with Gasteiger partial charge in [0, 0.05) is 30.3 Å². The number of hydrogen-bond donors (Lipinski definition) is 1. The highest BCUT2D eigenvalue weighted by Gasteiger charge is 2.21. The van der Waals surface area contributed by atoms with E-state index in [-0.39, 0.29) is 17.4 Å². The third kappa shape index (κ3) is 3.22. The summed E-state index contributed by atoms with van der Waals surface area (Å²) in [4.78, 5) is 27.9. The van der Waals surface area contributed by atoms with Crippen LogP contribution in [0.1, 0.15) is 36.9 Å². The molecule has 0 spiro atoms. The van der Waals surface area contributed by atoms with Crippen LogP contribution >= 0.6 is 0 Å². The Kier molecular flexibility index (Phi) is 4.35. The van der Waals surface area contributed by atoms with Gasteiger partial charge < -0.3 is 5.32 Å². The third-order valence-electron chi connectivity index (χ3n) is 3.89. The van der Waals surface area contributed by atoms with Crippen LogP contribution in [-0.2, 0) is 11.3 Å².